The molecule has 2 aromatic carbocycles. The van der Waals surface area contributed by atoms with Crippen molar-refractivity contribution >= 4 is 55.8 Å². The van der Waals surface area contributed by atoms with Crippen LogP contribution in [0.25, 0.3) is 33.2 Å². The number of thiazole rings is 1. The molecule has 0 spiro atoms. The van der Waals surface area contributed by atoms with Crippen molar-refractivity contribution in [3.63, 3.8) is 0 Å². The number of pyridine rings is 1. The zero-order valence-corrected chi connectivity index (χ0v) is 18.1. The first kappa shape index (κ1) is 19.7. The molecule has 154 valence electrons. The Balaban J connectivity index is 1.45. The van der Waals surface area contributed by atoms with Gasteiger partial charge in [-0.1, -0.05) is 35.9 Å². The van der Waals surface area contributed by atoms with Crippen molar-refractivity contribution in [2.75, 3.05) is 5.32 Å². The van der Waals surface area contributed by atoms with Crippen LogP contribution in [-0.2, 0) is 11.2 Å². The number of aromatic nitrogens is 3. The largest absolute Gasteiger partial charge is 0.353 e. The van der Waals surface area contributed by atoms with Gasteiger partial charge in [-0.05, 0) is 48.7 Å². The van der Waals surface area contributed by atoms with Crippen molar-refractivity contribution in [3.8, 4) is 11.4 Å². The lowest BCUT2D eigenvalue weighted by atomic mass is 10.0. The van der Waals surface area contributed by atoms with E-state index in [1.54, 1.807) is 6.20 Å². The summed E-state index contributed by atoms with van der Waals surface area (Å²) in [5.74, 6) is -0.0294. The highest BCUT2D eigenvalue weighted by Crippen LogP contribution is 2.33. The van der Waals surface area contributed by atoms with Crippen LogP contribution in [0.3, 0.4) is 0 Å². The smallest absolute Gasteiger partial charge is 0.226 e. The third-order valence-corrected chi connectivity index (χ3v) is 6.16. The van der Waals surface area contributed by atoms with Crippen LogP contribution in [0.15, 0.2) is 66.2 Å². The molecule has 0 bridgehead atoms. The van der Waals surface area contributed by atoms with Crippen LogP contribution in [0.2, 0.25) is 5.02 Å². The van der Waals surface area contributed by atoms with Crippen molar-refractivity contribution in [1.82, 2.24) is 15.0 Å². The average Bonchev–Trinajstić information content (AvgIpc) is 3.41. The van der Waals surface area contributed by atoms with Gasteiger partial charge in [0, 0.05) is 39.3 Å². The summed E-state index contributed by atoms with van der Waals surface area (Å²) in [5, 5.41) is 8.17. The Kier molecular flexibility index (Phi) is 5.40. The molecule has 3 aromatic heterocycles. The van der Waals surface area contributed by atoms with Crippen molar-refractivity contribution in [3.05, 3.63) is 76.8 Å². The van der Waals surface area contributed by atoms with E-state index in [4.69, 9.17) is 16.6 Å². The number of rotatable bonds is 6. The number of nitrogens with one attached hydrogen (secondary N) is 2. The van der Waals surface area contributed by atoms with Gasteiger partial charge in [0.05, 0.1) is 16.9 Å². The highest BCUT2D eigenvalue weighted by Gasteiger charge is 2.16. The van der Waals surface area contributed by atoms with Crippen LogP contribution in [0.4, 0.5) is 5.13 Å². The number of nitrogens with zero attached hydrogens (tertiary/aromatic N) is 2. The molecule has 0 saturated carbocycles. The monoisotopic (exact) mass is 446 g/mol. The van der Waals surface area contributed by atoms with Crippen molar-refractivity contribution in [2.24, 2.45) is 0 Å². The maximum atomic E-state index is 12.3. The number of H-pyrrole nitrogens is 1. The number of para-hydroxylation sites is 1. The van der Waals surface area contributed by atoms with Gasteiger partial charge in [0.25, 0.3) is 0 Å². The molecule has 0 unspecified atom stereocenters. The number of carbonyl (C=O) groups is 1. The summed E-state index contributed by atoms with van der Waals surface area (Å²) in [6.45, 7) is 0. The van der Waals surface area contributed by atoms with E-state index in [0.29, 0.717) is 23.0 Å². The van der Waals surface area contributed by atoms with Gasteiger partial charge in [-0.3, -0.25) is 4.79 Å². The summed E-state index contributed by atoms with van der Waals surface area (Å²) in [6, 6.07) is 18.0. The molecule has 0 fully saturated rings. The number of anilines is 1. The number of carbonyl (C=O) groups excluding carboxylic acids is 1. The van der Waals surface area contributed by atoms with Crippen LogP contribution >= 0.6 is 22.9 Å². The Morgan fingerprint density at radius 3 is 2.90 bits per heavy atom. The zero-order valence-electron chi connectivity index (χ0n) is 16.6. The summed E-state index contributed by atoms with van der Waals surface area (Å²) in [4.78, 5) is 24.8. The first-order chi connectivity index (χ1) is 15.2. The topological polar surface area (TPSA) is 70.7 Å². The van der Waals surface area contributed by atoms with E-state index in [2.05, 4.69) is 27.4 Å². The minimum Gasteiger partial charge on any atom is -0.353 e. The Bertz CT molecular complexity index is 1380. The Labute approximate surface area is 188 Å². The maximum Gasteiger partial charge on any atom is 0.226 e. The lowest BCUT2D eigenvalue weighted by Gasteiger charge is -2.07. The SMILES string of the molecule is O=C(CCCc1c(-c2ccc3ccccc3n2)[nH]c2ccc(Cl)cc12)Nc1nccs1. The molecular formula is C24H19ClN4OS. The van der Waals surface area contributed by atoms with Crippen molar-refractivity contribution in [1.29, 1.82) is 0 Å². The fourth-order valence-corrected chi connectivity index (χ4v) is 4.51. The van der Waals surface area contributed by atoms with Gasteiger partial charge in [-0.2, -0.15) is 0 Å². The minimum absolute atomic E-state index is 0.0294. The Hall–Kier alpha value is -3.22. The summed E-state index contributed by atoms with van der Waals surface area (Å²) >= 11 is 7.70. The molecule has 7 heteroatoms. The third kappa shape index (κ3) is 4.17. The highest BCUT2D eigenvalue weighted by atomic mass is 35.5. The van der Waals surface area contributed by atoms with Crippen LogP contribution in [0.1, 0.15) is 18.4 Å². The quantitative estimate of drug-likeness (QED) is 0.314. The van der Waals surface area contributed by atoms with Gasteiger partial charge in [-0.15, -0.1) is 11.3 Å². The fourth-order valence-electron chi connectivity index (χ4n) is 3.80. The fraction of sp³-hybridized carbons (Fsp3) is 0.125. The second kappa shape index (κ2) is 8.49. The maximum absolute atomic E-state index is 12.3. The number of benzene rings is 2. The highest BCUT2D eigenvalue weighted by molar-refractivity contribution is 7.13. The first-order valence-electron chi connectivity index (χ1n) is 10.0. The van der Waals surface area contributed by atoms with E-state index in [1.165, 1.54) is 11.3 Å². The van der Waals surface area contributed by atoms with Gasteiger partial charge in [0.1, 0.15) is 0 Å². The normalized spacial score (nSPS) is 11.3. The lowest BCUT2D eigenvalue weighted by Crippen LogP contribution is -2.11. The van der Waals surface area contributed by atoms with Crippen LogP contribution in [0.5, 0.6) is 0 Å². The Morgan fingerprint density at radius 1 is 1.13 bits per heavy atom. The molecule has 2 N–H and O–H groups in total. The first-order valence-corrected chi connectivity index (χ1v) is 11.3. The molecule has 0 aliphatic rings. The van der Waals surface area contributed by atoms with Crippen LogP contribution in [-0.4, -0.2) is 20.9 Å². The van der Waals surface area contributed by atoms with Gasteiger partial charge < -0.3 is 10.3 Å². The molecule has 3 heterocycles. The van der Waals surface area contributed by atoms with Crippen molar-refractivity contribution < 1.29 is 4.79 Å². The van der Waals surface area contributed by atoms with E-state index in [-0.39, 0.29) is 5.91 Å². The van der Waals surface area contributed by atoms with Crippen LogP contribution in [0, 0.1) is 0 Å². The molecule has 1 amide bonds. The number of hydrogen-bond acceptors (Lipinski definition) is 4. The summed E-state index contributed by atoms with van der Waals surface area (Å²) in [6.07, 6.45) is 3.53. The minimum atomic E-state index is -0.0294. The zero-order chi connectivity index (χ0) is 21.2. The lowest BCUT2D eigenvalue weighted by molar-refractivity contribution is -0.116. The molecule has 0 radical (unpaired) electrons. The van der Waals surface area contributed by atoms with Gasteiger partial charge >= 0.3 is 0 Å². The predicted octanol–water partition coefficient (Wildman–Crippen LogP) is 6.45. The summed E-state index contributed by atoms with van der Waals surface area (Å²) in [5.41, 5.74) is 4.95. The van der Waals surface area contributed by atoms with E-state index in [1.807, 2.05) is 47.8 Å². The Morgan fingerprint density at radius 2 is 2.03 bits per heavy atom. The van der Waals surface area contributed by atoms with Crippen LogP contribution < -0.4 is 5.32 Å². The molecule has 5 nitrogen and oxygen atoms in total. The summed E-state index contributed by atoms with van der Waals surface area (Å²) < 4.78 is 0. The van der Waals surface area contributed by atoms with Gasteiger partial charge in [-0.25, -0.2) is 9.97 Å². The number of amides is 1. The molecule has 0 atom stereocenters. The molecule has 5 rings (SSSR count). The number of aryl methyl sites for hydroxylation is 1. The standard InChI is InChI=1S/C24H19ClN4OS/c25-16-9-11-20-18(14-16)17(5-3-7-22(30)29-24-26-12-13-31-24)23(28-20)21-10-8-15-4-1-2-6-19(15)27-21/h1-2,4,6,8-14,28H,3,5,7H2,(H,26,29,30). The molecule has 0 saturated heterocycles. The second-order valence-corrected chi connectivity index (χ2v) is 8.63. The number of fused-ring (bicyclic) bond motifs is 2. The molecule has 5 aromatic rings. The number of aromatic amines is 1. The second-order valence-electron chi connectivity index (χ2n) is 7.30. The molecule has 0 aliphatic carbocycles. The van der Waals surface area contributed by atoms with E-state index in [9.17, 15) is 4.79 Å². The third-order valence-electron chi connectivity index (χ3n) is 5.23. The van der Waals surface area contributed by atoms with Gasteiger partial charge in [0.2, 0.25) is 5.91 Å². The average molecular weight is 447 g/mol. The number of hydrogen-bond donors (Lipinski definition) is 2. The van der Waals surface area contributed by atoms with E-state index < -0.39 is 0 Å². The van der Waals surface area contributed by atoms with Gasteiger partial charge in [0.15, 0.2) is 5.13 Å². The van der Waals surface area contributed by atoms with E-state index in [0.717, 1.165) is 45.2 Å². The predicted molar refractivity (Wildman–Crippen MR) is 128 cm³/mol. The summed E-state index contributed by atoms with van der Waals surface area (Å²) in [7, 11) is 0. The molecule has 0 aliphatic heterocycles. The molecular weight excluding hydrogens is 428 g/mol. The molecule has 31 heavy (non-hydrogen) atoms. The number of halogens is 1. The van der Waals surface area contributed by atoms with E-state index >= 15 is 0 Å². The van der Waals surface area contributed by atoms with Crippen molar-refractivity contribution in [2.45, 2.75) is 19.3 Å².